The fourth-order valence-electron chi connectivity index (χ4n) is 2.42. The quantitative estimate of drug-likeness (QED) is 0.503. The number of nitrogens with one attached hydrogen (secondary N) is 1. The van der Waals surface area contributed by atoms with Gasteiger partial charge in [-0.2, -0.15) is 0 Å². The predicted molar refractivity (Wildman–Crippen MR) is 101 cm³/mol. The van der Waals surface area contributed by atoms with Crippen LogP contribution in [-0.4, -0.2) is 36.5 Å². The number of nitrogens with zero attached hydrogens (tertiary/aromatic N) is 2. The summed E-state index contributed by atoms with van der Waals surface area (Å²) < 4.78 is 0. The first-order chi connectivity index (χ1) is 11.2. The van der Waals surface area contributed by atoms with Crippen molar-refractivity contribution in [1.82, 2.24) is 0 Å². The van der Waals surface area contributed by atoms with Gasteiger partial charge in [-0.25, -0.2) is 4.99 Å². The molecular weight excluding hydrogens is 304 g/mol. The van der Waals surface area contributed by atoms with Crippen LogP contribution in [0.1, 0.15) is 40.5 Å². The van der Waals surface area contributed by atoms with Crippen LogP contribution in [0.15, 0.2) is 23.2 Å². The Balaban J connectivity index is 3.06. The lowest BCUT2D eigenvalue weighted by Gasteiger charge is -2.24. The van der Waals surface area contributed by atoms with Gasteiger partial charge < -0.3 is 21.1 Å². The van der Waals surface area contributed by atoms with Gasteiger partial charge in [-0.1, -0.05) is 13.8 Å². The minimum atomic E-state index is -0.843. The Morgan fingerprint density at radius 3 is 2.54 bits per heavy atom. The Morgan fingerprint density at radius 1 is 1.42 bits per heavy atom. The third-order valence-corrected chi connectivity index (χ3v) is 3.96. The normalized spacial score (nSPS) is 12.0. The minimum absolute atomic E-state index is 0.0180. The maximum absolute atomic E-state index is 12.5. The second-order valence-corrected chi connectivity index (χ2v) is 6.56. The van der Waals surface area contributed by atoms with E-state index < -0.39 is 5.60 Å². The second kappa shape index (κ2) is 8.68. The summed E-state index contributed by atoms with van der Waals surface area (Å²) in [6.45, 7) is 7.87. The van der Waals surface area contributed by atoms with Crippen molar-refractivity contribution in [1.29, 1.82) is 0 Å². The molecule has 6 nitrogen and oxygen atoms in total. The van der Waals surface area contributed by atoms with Crippen LogP contribution in [0.5, 0.6) is 0 Å². The lowest BCUT2D eigenvalue weighted by atomic mass is 10.0. The van der Waals surface area contributed by atoms with Gasteiger partial charge in [0.2, 0.25) is 5.91 Å². The van der Waals surface area contributed by atoms with Gasteiger partial charge in [0.05, 0.1) is 23.3 Å². The van der Waals surface area contributed by atoms with E-state index in [0.29, 0.717) is 12.2 Å². The first-order valence-electron chi connectivity index (χ1n) is 8.35. The largest absolute Gasteiger partial charge is 0.390 e. The molecule has 0 heterocycles. The highest BCUT2D eigenvalue weighted by atomic mass is 16.3. The van der Waals surface area contributed by atoms with Crippen molar-refractivity contribution in [3.05, 3.63) is 18.2 Å². The summed E-state index contributed by atoms with van der Waals surface area (Å²) in [5, 5.41) is 13.0. The van der Waals surface area contributed by atoms with Crippen molar-refractivity contribution in [2.75, 3.05) is 23.8 Å². The molecule has 0 spiro atoms. The van der Waals surface area contributed by atoms with Crippen molar-refractivity contribution in [3.63, 3.8) is 0 Å². The van der Waals surface area contributed by atoms with Crippen LogP contribution in [0.4, 0.5) is 17.1 Å². The highest BCUT2D eigenvalue weighted by molar-refractivity contribution is 5.95. The molecule has 1 amide bonds. The summed E-state index contributed by atoms with van der Waals surface area (Å²) in [4.78, 5) is 18.4. The maximum Gasteiger partial charge on any atom is 0.229 e. The first-order valence-corrected chi connectivity index (χ1v) is 8.35. The highest BCUT2D eigenvalue weighted by Crippen LogP contribution is 2.31. The number of amides is 1. The van der Waals surface area contributed by atoms with Crippen molar-refractivity contribution in [3.8, 4) is 0 Å². The Morgan fingerprint density at radius 2 is 2.04 bits per heavy atom. The zero-order valence-electron chi connectivity index (χ0n) is 15.3. The van der Waals surface area contributed by atoms with Crippen molar-refractivity contribution < 1.29 is 9.90 Å². The third-order valence-electron chi connectivity index (χ3n) is 3.96. The molecule has 1 aromatic rings. The Hall–Kier alpha value is -2.08. The van der Waals surface area contributed by atoms with E-state index in [2.05, 4.69) is 10.3 Å². The number of nitrogens with two attached hydrogens (primary N) is 1. The molecule has 0 atom stereocenters. The molecule has 24 heavy (non-hydrogen) atoms. The summed E-state index contributed by atoms with van der Waals surface area (Å²) >= 11 is 0. The van der Waals surface area contributed by atoms with E-state index >= 15 is 0 Å². The SMILES string of the molecule is CCC(CC)C(=O)N(C)c1ccc(NCC(C)(C)O)c(N=CN)c1. The molecule has 0 aromatic heterocycles. The van der Waals surface area contributed by atoms with E-state index in [4.69, 9.17) is 5.73 Å². The van der Waals surface area contributed by atoms with E-state index in [9.17, 15) is 9.90 Å². The van der Waals surface area contributed by atoms with Gasteiger partial charge in [0.15, 0.2) is 0 Å². The molecule has 6 heteroatoms. The summed E-state index contributed by atoms with van der Waals surface area (Å²) in [5.41, 5.74) is 6.75. The van der Waals surface area contributed by atoms with Crippen molar-refractivity contribution >= 4 is 29.3 Å². The van der Waals surface area contributed by atoms with Crippen molar-refractivity contribution in [2.24, 2.45) is 16.6 Å². The van der Waals surface area contributed by atoms with Gasteiger partial charge >= 0.3 is 0 Å². The zero-order valence-corrected chi connectivity index (χ0v) is 15.3. The van der Waals surface area contributed by atoms with Crippen LogP contribution in [-0.2, 0) is 4.79 Å². The van der Waals surface area contributed by atoms with E-state index in [-0.39, 0.29) is 11.8 Å². The fourth-order valence-corrected chi connectivity index (χ4v) is 2.42. The molecule has 1 aromatic carbocycles. The van der Waals surface area contributed by atoms with Crippen LogP contribution in [0.2, 0.25) is 0 Å². The van der Waals surface area contributed by atoms with Crippen LogP contribution < -0.4 is 16.0 Å². The number of hydrogen-bond donors (Lipinski definition) is 3. The highest BCUT2D eigenvalue weighted by Gasteiger charge is 2.20. The molecule has 0 radical (unpaired) electrons. The Kier molecular flexibility index (Phi) is 7.22. The molecule has 134 valence electrons. The lowest BCUT2D eigenvalue weighted by molar-refractivity contribution is -0.122. The Labute approximate surface area is 144 Å². The number of hydrogen-bond acceptors (Lipinski definition) is 4. The number of aliphatic hydroxyl groups is 1. The van der Waals surface area contributed by atoms with Gasteiger partial charge in [0, 0.05) is 25.2 Å². The molecule has 0 aliphatic rings. The summed E-state index contributed by atoms with van der Waals surface area (Å²) in [5.74, 6) is 0.115. The van der Waals surface area contributed by atoms with Crippen LogP contribution in [0.25, 0.3) is 0 Å². The van der Waals surface area contributed by atoms with Gasteiger partial charge in [-0.05, 0) is 44.9 Å². The van der Waals surface area contributed by atoms with Gasteiger partial charge in [-0.15, -0.1) is 0 Å². The molecule has 0 unspecified atom stereocenters. The summed E-state index contributed by atoms with van der Waals surface area (Å²) in [7, 11) is 1.77. The number of carbonyl (C=O) groups is 1. The molecular formula is C18H30N4O2. The minimum Gasteiger partial charge on any atom is -0.390 e. The van der Waals surface area contributed by atoms with Gasteiger partial charge in [0.1, 0.15) is 0 Å². The molecule has 0 saturated carbocycles. The zero-order chi connectivity index (χ0) is 18.3. The van der Waals surface area contributed by atoms with Crippen LogP contribution >= 0.6 is 0 Å². The predicted octanol–water partition coefficient (Wildman–Crippen LogP) is 2.89. The summed E-state index contributed by atoms with van der Waals surface area (Å²) in [6.07, 6.45) is 2.86. The summed E-state index contributed by atoms with van der Waals surface area (Å²) in [6, 6.07) is 5.53. The van der Waals surface area contributed by atoms with E-state index in [1.807, 2.05) is 32.0 Å². The molecule has 0 saturated heterocycles. The molecule has 0 bridgehead atoms. The molecule has 0 aliphatic heterocycles. The van der Waals surface area contributed by atoms with E-state index in [1.165, 1.54) is 6.34 Å². The maximum atomic E-state index is 12.5. The molecule has 0 fully saturated rings. The molecule has 1 rings (SSSR count). The fraction of sp³-hybridized carbons (Fsp3) is 0.556. The average molecular weight is 334 g/mol. The third kappa shape index (κ3) is 5.53. The molecule has 4 N–H and O–H groups in total. The average Bonchev–Trinajstić information content (AvgIpc) is 2.53. The van der Waals surface area contributed by atoms with Gasteiger partial charge in [0.25, 0.3) is 0 Å². The standard InChI is InChI=1S/C18H30N4O2/c1-6-13(7-2)17(23)22(5)14-8-9-15(16(10-14)21-12-19)20-11-18(3,4)24/h8-10,12-13,20,24H,6-7,11H2,1-5H3,(H2,19,21). The number of benzene rings is 1. The van der Waals surface area contributed by atoms with Crippen LogP contribution in [0.3, 0.4) is 0 Å². The number of carbonyl (C=O) groups excluding carboxylic acids is 1. The topological polar surface area (TPSA) is 91.0 Å². The molecule has 0 aliphatic carbocycles. The van der Waals surface area contributed by atoms with E-state index in [1.54, 1.807) is 25.8 Å². The number of rotatable bonds is 8. The lowest BCUT2D eigenvalue weighted by Crippen LogP contribution is -2.32. The van der Waals surface area contributed by atoms with Gasteiger partial charge in [-0.3, -0.25) is 4.79 Å². The van der Waals surface area contributed by atoms with Crippen LogP contribution in [0, 0.1) is 5.92 Å². The smallest absolute Gasteiger partial charge is 0.229 e. The first kappa shape index (κ1) is 20.0. The number of anilines is 2. The second-order valence-electron chi connectivity index (χ2n) is 6.56. The monoisotopic (exact) mass is 334 g/mol. The number of aliphatic imine (C=N–C) groups is 1. The van der Waals surface area contributed by atoms with Crippen molar-refractivity contribution in [2.45, 2.75) is 46.1 Å². The van der Waals surface area contributed by atoms with E-state index in [0.717, 1.165) is 24.2 Å². The Bertz CT molecular complexity index is 575.